The first-order valence-electron chi connectivity index (χ1n) is 13.3. The van der Waals surface area contributed by atoms with Gasteiger partial charge in [0.25, 0.3) is 0 Å². The van der Waals surface area contributed by atoms with Crippen molar-refractivity contribution in [3.8, 4) is 0 Å². The van der Waals surface area contributed by atoms with Crippen LogP contribution in [0.1, 0.15) is 75.1 Å². The lowest BCUT2D eigenvalue weighted by atomic mass is 9.81. The molecule has 1 amide bonds. The largest absolute Gasteiger partial charge is 0.381 e. The zero-order valence-corrected chi connectivity index (χ0v) is 20.9. The average Bonchev–Trinajstić information content (AvgIpc) is 3.30. The molecule has 2 aromatic rings. The van der Waals surface area contributed by atoms with Gasteiger partial charge in [-0.3, -0.25) is 9.89 Å². The van der Waals surface area contributed by atoms with Gasteiger partial charge < -0.3 is 19.9 Å². The molecule has 2 N–H and O–H groups in total. The Kier molecular flexibility index (Phi) is 6.12. The van der Waals surface area contributed by atoms with Crippen LogP contribution in [0.4, 0.5) is 17.6 Å². The van der Waals surface area contributed by atoms with Crippen LogP contribution in [-0.2, 0) is 9.53 Å². The molecule has 35 heavy (non-hydrogen) atoms. The maximum atomic E-state index is 13.1. The van der Waals surface area contributed by atoms with Crippen LogP contribution in [0.2, 0.25) is 0 Å². The summed E-state index contributed by atoms with van der Waals surface area (Å²) in [6.07, 6.45) is 9.63. The minimum Gasteiger partial charge on any atom is -0.381 e. The summed E-state index contributed by atoms with van der Waals surface area (Å²) in [4.78, 5) is 27.5. The second-order valence-corrected chi connectivity index (χ2v) is 11.0. The molecule has 0 spiro atoms. The number of ether oxygens (including phenoxy) is 1. The summed E-state index contributed by atoms with van der Waals surface area (Å²) < 4.78 is 5.66. The van der Waals surface area contributed by atoms with Crippen molar-refractivity contribution < 1.29 is 9.53 Å². The lowest BCUT2D eigenvalue weighted by Gasteiger charge is -2.50. The maximum Gasteiger partial charge on any atom is 0.227 e. The smallest absolute Gasteiger partial charge is 0.227 e. The molecule has 2 aromatic heterocycles. The number of hydrogen-bond donors (Lipinski definition) is 2. The summed E-state index contributed by atoms with van der Waals surface area (Å²) in [5, 5.41) is 10.7. The van der Waals surface area contributed by atoms with E-state index in [2.05, 4.69) is 32.4 Å². The Balaban J connectivity index is 1.23. The number of carbonyl (C=O) groups is 1. The number of nitrogens with zero attached hydrogens (tertiary/aromatic N) is 5. The highest BCUT2D eigenvalue weighted by molar-refractivity contribution is 5.77. The number of hydrogen-bond acceptors (Lipinski definition) is 7. The minimum atomic E-state index is 0.285. The van der Waals surface area contributed by atoms with Crippen molar-refractivity contribution in [3.63, 3.8) is 0 Å². The van der Waals surface area contributed by atoms with E-state index in [4.69, 9.17) is 14.7 Å². The van der Waals surface area contributed by atoms with Gasteiger partial charge in [0.15, 0.2) is 5.82 Å². The molecule has 188 valence electrons. The molecule has 4 atom stereocenters. The predicted octanol–water partition coefficient (Wildman–Crippen LogP) is 3.90. The van der Waals surface area contributed by atoms with Gasteiger partial charge in [0.05, 0.1) is 12.3 Å². The molecule has 2 bridgehead atoms. The van der Waals surface area contributed by atoms with Crippen molar-refractivity contribution in [1.82, 2.24) is 25.1 Å². The monoisotopic (exact) mass is 479 g/mol. The number of aromatic amines is 1. The van der Waals surface area contributed by atoms with Gasteiger partial charge in [-0.1, -0.05) is 0 Å². The fourth-order valence-corrected chi connectivity index (χ4v) is 6.18. The van der Waals surface area contributed by atoms with E-state index in [9.17, 15) is 4.79 Å². The lowest BCUT2D eigenvalue weighted by molar-refractivity contribution is -0.141. The molecule has 5 heterocycles. The molecule has 1 saturated carbocycles. The van der Waals surface area contributed by atoms with Gasteiger partial charge in [-0.15, -0.1) is 0 Å². The van der Waals surface area contributed by atoms with Crippen LogP contribution < -0.4 is 10.2 Å². The fraction of sp³-hybridized carbons (Fsp3) is 0.692. The Morgan fingerprint density at radius 2 is 1.94 bits per heavy atom. The molecule has 1 aliphatic carbocycles. The first-order chi connectivity index (χ1) is 17.0. The van der Waals surface area contributed by atoms with E-state index in [0.717, 1.165) is 74.1 Å². The fourth-order valence-electron chi connectivity index (χ4n) is 6.18. The predicted molar refractivity (Wildman–Crippen MR) is 134 cm³/mol. The highest BCUT2D eigenvalue weighted by Crippen LogP contribution is 2.40. The third-order valence-electron chi connectivity index (χ3n) is 8.31. The molecule has 3 aliphatic heterocycles. The quantitative estimate of drug-likeness (QED) is 0.621. The number of aromatic nitrogens is 4. The number of aryl methyl sites for hydroxylation is 1. The Labute approximate surface area is 207 Å². The molecule has 9 nitrogen and oxygen atoms in total. The van der Waals surface area contributed by atoms with Crippen molar-refractivity contribution >= 4 is 23.5 Å². The number of rotatable bonds is 7. The van der Waals surface area contributed by atoms with Crippen molar-refractivity contribution in [2.24, 2.45) is 5.92 Å². The van der Waals surface area contributed by atoms with Gasteiger partial charge in [0.1, 0.15) is 5.82 Å². The first-order valence-corrected chi connectivity index (χ1v) is 13.3. The summed E-state index contributed by atoms with van der Waals surface area (Å²) in [5.41, 5.74) is 2.02. The van der Waals surface area contributed by atoms with Crippen LogP contribution in [0.25, 0.3) is 0 Å². The summed E-state index contributed by atoms with van der Waals surface area (Å²) in [6.45, 7) is 3.46. The molecule has 3 saturated heterocycles. The topological polar surface area (TPSA) is 99.3 Å². The number of amides is 1. The van der Waals surface area contributed by atoms with Crippen LogP contribution in [0.5, 0.6) is 0 Å². The molecule has 0 radical (unpaired) electrons. The second-order valence-electron chi connectivity index (χ2n) is 11.0. The second kappa shape index (κ2) is 9.41. The zero-order valence-electron chi connectivity index (χ0n) is 20.9. The SMILES string of the molecule is Cc1cc(Nc2cc(C3CCOC3)nc(N(C)[C@@H]3C[C@H]4CCC[C@@H](C3)N4C(=O)CC3CC3)n2)n[nH]1. The van der Waals surface area contributed by atoms with Crippen molar-refractivity contribution in [3.05, 3.63) is 23.5 Å². The molecule has 0 aromatic carbocycles. The number of carbonyl (C=O) groups excluding carboxylic acids is 1. The molecule has 9 heteroatoms. The summed E-state index contributed by atoms with van der Waals surface area (Å²) >= 11 is 0. The summed E-state index contributed by atoms with van der Waals surface area (Å²) in [5.74, 6) is 3.57. The summed E-state index contributed by atoms with van der Waals surface area (Å²) in [6, 6.07) is 5.02. The van der Waals surface area contributed by atoms with Gasteiger partial charge in [0, 0.05) is 61.9 Å². The van der Waals surface area contributed by atoms with Gasteiger partial charge >= 0.3 is 0 Å². The van der Waals surface area contributed by atoms with Gasteiger partial charge in [-0.05, 0) is 64.2 Å². The van der Waals surface area contributed by atoms with Crippen molar-refractivity contribution in [1.29, 1.82) is 0 Å². The van der Waals surface area contributed by atoms with Gasteiger partial charge in [0.2, 0.25) is 11.9 Å². The molecular formula is C26H37N7O2. The number of nitrogens with one attached hydrogen (secondary N) is 2. The van der Waals surface area contributed by atoms with Crippen LogP contribution >= 0.6 is 0 Å². The third kappa shape index (κ3) is 4.87. The highest BCUT2D eigenvalue weighted by Gasteiger charge is 2.43. The molecule has 6 rings (SSSR count). The van der Waals surface area contributed by atoms with Crippen LogP contribution in [0.15, 0.2) is 12.1 Å². The lowest BCUT2D eigenvalue weighted by Crippen LogP contribution is -2.58. The minimum absolute atomic E-state index is 0.285. The first kappa shape index (κ1) is 22.8. The molecule has 4 fully saturated rings. The van der Waals surface area contributed by atoms with Crippen LogP contribution in [0, 0.1) is 12.8 Å². The van der Waals surface area contributed by atoms with E-state index < -0.39 is 0 Å². The Morgan fingerprint density at radius 1 is 1.14 bits per heavy atom. The van der Waals surface area contributed by atoms with E-state index in [-0.39, 0.29) is 5.92 Å². The Morgan fingerprint density at radius 3 is 2.60 bits per heavy atom. The average molecular weight is 480 g/mol. The summed E-state index contributed by atoms with van der Waals surface area (Å²) in [7, 11) is 2.12. The number of fused-ring (bicyclic) bond motifs is 2. The Bertz CT molecular complexity index is 1050. The Hall–Kier alpha value is -2.68. The van der Waals surface area contributed by atoms with Crippen molar-refractivity contribution in [2.75, 3.05) is 30.5 Å². The van der Waals surface area contributed by atoms with Gasteiger partial charge in [-0.25, -0.2) is 4.98 Å². The van der Waals surface area contributed by atoms with E-state index >= 15 is 0 Å². The molecular weight excluding hydrogens is 442 g/mol. The molecule has 1 unspecified atom stereocenters. The third-order valence-corrected chi connectivity index (χ3v) is 8.31. The number of piperidine rings is 2. The standard InChI is InChI=1S/C26H37N7O2/c1-16-10-24(31-30-16)28-23-14-22(18-8-9-35-15-18)27-26(29-23)32(2)21-12-19-4-3-5-20(13-21)33(19)25(34)11-17-6-7-17/h10,14,17-21H,3-9,11-13,15H2,1-2H3,(H2,27,28,29,30,31)/t18?,19-,20+,21-. The zero-order chi connectivity index (χ0) is 23.9. The normalized spacial score (nSPS) is 28.2. The van der Waals surface area contributed by atoms with E-state index in [1.54, 1.807) is 0 Å². The van der Waals surface area contributed by atoms with Crippen molar-refractivity contribution in [2.45, 2.75) is 88.8 Å². The van der Waals surface area contributed by atoms with E-state index in [0.29, 0.717) is 36.6 Å². The number of anilines is 3. The molecule has 4 aliphatic rings. The van der Waals surface area contributed by atoms with E-state index in [1.165, 1.54) is 19.3 Å². The van der Waals surface area contributed by atoms with E-state index in [1.807, 2.05) is 19.1 Å². The number of H-pyrrole nitrogens is 1. The van der Waals surface area contributed by atoms with Crippen LogP contribution in [0.3, 0.4) is 0 Å². The van der Waals surface area contributed by atoms with Crippen LogP contribution in [-0.4, -0.2) is 69.4 Å². The highest BCUT2D eigenvalue weighted by atomic mass is 16.5. The van der Waals surface area contributed by atoms with Gasteiger partial charge in [-0.2, -0.15) is 10.1 Å². The maximum absolute atomic E-state index is 13.1.